The molecule has 0 radical (unpaired) electrons. The fraction of sp³-hybridized carbons (Fsp3) is 0.364. The van der Waals surface area contributed by atoms with Crippen LogP contribution >= 0.6 is 0 Å². The molecule has 2 aromatic heterocycles. The Kier molecular flexibility index (Phi) is 2.81. The minimum absolute atomic E-state index is 0.427. The van der Waals surface area contributed by atoms with E-state index < -0.39 is 0 Å². The first kappa shape index (κ1) is 11.0. The lowest BCUT2D eigenvalue weighted by Gasteiger charge is -2.24. The van der Waals surface area contributed by atoms with E-state index in [-0.39, 0.29) is 0 Å². The topological polar surface area (TPSA) is 90.3 Å². The van der Waals surface area contributed by atoms with Crippen LogP contribution in [-0.4, -0.2) is 41.4 Å². The van der Waals surface area contributed by atoms with Crippen molar-refractivity contribution in [1.29, 1.82) is 0 Å². The van der Waals surface area contributed by atoms with E-state index in [9.17, 15) is 0 Å². The van der Waals surface area contributed by atoms with Gasteiger partial charge in [-0.3, -0.25) is 4.98 Å². The first-order valence-corrected chi connectivity index (χ1v) is 5.70. The van der Waals surface area contributed by atoms with Crippen LogP contribution in [0.1, 0.15) is 0 Å². The second kappa shape index (κ2) is 4.61. The predicted octanol–water partition coefficient (Wildman–Crippen LogP) is 0.550. The molecule has 7 heteroatoms. The average molecular weight is 247 g/mol. The fourth-order valence-electron chi connectivity index (χ4n) is 1.80. The SMILES string of the molecule is Nc1cncc(-c2nc(N3CCOCC3)no2)c1. The average Bonchev–Trinajstić information content (AvgIpc) is 2.89. The van der Waals surface area contributed by atoms with Crippen molar-refractivity contribution in [1.82, 2.24) is 15.1 Å². The normalized spacial score (nSPS) is 15.9. The Morgan fingerprint density at radius 1 is 1.22 bits per heavy atom. The minimum atomic E-state index is 0.427. The molecule has 94 valence electrons. The Morgan fingerprint density at radius 3 is 2.83 bits per heavy atom. The first-order chi connectivity index (χ1) is 8.83. The summed E-state index contributed by atoms with van der Waals surface area (Å²) in [6, 6.07) is 1.75. The Hall–Kier alpha value is -2.15. The van der Waals surface area contributed by atoms with Gasteiger partial charge in [-0.2, -0.15) is 4.98 Å². The molecule has 0 saturated carbocycles. The van der Waals surface area contributed by atoms with Gasteiger partial charge in [-0.15, -0.1) is 0 Å². The van der Waals surface area contributed by atoms with Gasteiger partial charge in [0.1, 0.15) is 0 Å². The highest BCUT2D eigenvalue weighted by atomic mass is 16.5. The van der Waals surface area contributed by atoms with E-state index in [1.807, 2.05) is 4.90 Å². The van der Waals surface area contributed by atoms with Gasteiger partial charge in [0, 0.05) is 25.5 Å². The summed E-state index contributed by atoms with van der Waals surface area (Å²) in [7, 11) is 0. The summed E-state index contributed by atoms with van der Waals surface area (Å²) in [4.78, 5) is 10.4. The van der Waals surface area contributed by atoms with E-state index in [1.165, 1.54) is 0 Å². The highest BCUT2D eigenvalue weighted by molar-refractivity contribution is 5.58. The van der Waals surface area contributed by atoms with Gasteiger partial charge >= 0.3 is 0 Å². The third-order valence-electron chi connectivity index (χ3n) is 2.72. The molecule has 2 N–H and O–H groups in total. The lowest BCUT2D eigenvalue weighted by Crippen LogP contribution is -2.36. The van der Waals surface area contributed by atoms with Gasteiger partial charge in [-0.1, -0.05) is 0 Å². The lowest BCUT2D eigenvalue weighted by atomic mass is 10.3. The van der Waals surface area contributed by atoms with Gasteiger partial charge in [0.25, 0.3) is 11.8 Å². The summed E-state index contributed by atoms with van der Waals surface area (Å²) in [5.41, 5.74) is 6.96. The van der Waals surface area contributed by atoms with Crippen LogP contribution in [0.15, 0.2) is 23.0 Å². The van der Waals surface area contributed by atoms with Crippen LogP contribution in [0.3, 0.4) is 0 Å². The molecule has 1 fully saturated rings. The molecule has 18 heavy (non-hydrogen) atoms. The molecule has 3 rings (SSSR count). The number of rotatable bonds is 2. The molecule has 0 aromatic carbocycles. The smallest absolute Gasteiger partial charge is 0.266 e. The number of nitrogens with zero attached hydrogens (tertiary/aromatic N) is 4. The number of anilines is 2. The van der Waals surface area contributed by atoms with Crippen LogP contribution in [0.25, 0.3) is 11.5 Å². The Morgan fingerprint density at radius 2 is 2.06 bits per heavy atom. The lowest BCUT2D eigenvalue weighted by molar-refractivity contribution is 0.121. The standard InChI is InChI=1S/C11H13N5O2/c12-9-5-8(6-13-7-9)10-14-11(15-18-10)16-1-3-17-4-2-16/h5-7H,1-4,12H2. The zero-order chi connectivity index (χ0) is 12.4. The zero-order valence-electron chi connectivity index (χ0n) is 9.74. The number of hydrogen-bond donors (Lipinski definition) is 1. The number of hydrogen-bond acceptors (Lipinski definition) is 7. The molecular formula is C11H13N5O2. The first-order valence-electron chi connectivity index (χ1n) is 5.70. The molecule has 1 aliphatic rings. The third-order valence-corrected chi connectivity index (χ3v) is 2.72. The van der Waals surface area contributed by atoms with Crippen LogP contribution in [0, 0.1) is 0 Å². The van der Waals surface area contributed by atoms with Crippen molar-refractivity contribution in [2.24, 2.45) is 0 Å². The highest BCUT2D eigenvalue weighted by Gasteiger charge is 2.17. The molecular weight excluding hydrogens is 234 g/mol. The van der Waals surface area contributed by atoms with E-state index in [0.29, 0.717) is 30.7 Å². The summed E-state index contributed by atoms with van der Waals surface area (Å²) in [6.45, 7) is 2.91. The number of ether oxygens (including phenoxy) is 1. The van der Waals surface area contributed by atoms with Crippen molar-refractivity contribution in [3.63, 3.8) is 0 Å². The van der Waals surface area contributed by atoms with Crippen LogP contribution < -0.4 is 10.6 Å². The molecule has 0 spiro atoms. The van der Waals surface area contributed by atoms with Crippen molar-refractivity contribution in [3.8, 4) is 11.5 Å². The third kappa shape index (κ3) is 2.12. The number of aromatic nitrogens is 3. The maximum absolute atomic E-state index is 5.67. The maximum Gasteiger partial charge on any atom is 0.266 e. The van der Waals surface area contributed by atoms with Gasteiger partial charge in [-0.25, -0.2) is 0 Å². The molecule has 1 aliphatic heterocycles. The van der Waals surface area contributed by atoms with E-state index in [2.05, 4.69) is 15.1 Å². The summed E-state index contributed by atoms with van der Waals surface area (Å²) >= 11 is 0. The molecule has 0 bridgehead atoms. The Bertz CT molecular complexity index is 536. The van der Waals surface area contributed by atoms with Crippen LogP contribution in [0.4, 0.5) is 11.6 Å². The summed E-state index contributed by atoms with van der Waals surface area (Å²) in [5, 5.41) is 3.96. The quantitative estimate of drug-likeness (QED) is 0.828. The number of pyridine rings is 1. The van der Waals surface area contributed by atoms with E-state index in [0.717, 1.165) is 18.7 Å². The van der Waals surface area contributed by atoms with Crippen molar-refractivity contribution in [2.75, 3.05) is 36.9 Å². The van der Waals surface area contributed by atoms with Crippen LogP contribution in [-0.2, 0) is 4.74 Å². The van der Waals surface area contributed by atoms with Crippen molar-refractivity contribution >= 4 is 11.6 Å². The van der Waals surface area contributed by atoms with Crippen molar-refractivity contribution in [3.05, 3.63) is 18.5 Å². The number of nitrogens with two attached hydrogens (primary N) is 1. The van der Waals surface area contributed by atoms with Crippen molar-refractivity contribution in [2.45, 2.75) is 0 Å². The Balaban J connectivity index is 1.84. The van der Waals surface area contributed by atoms with Crippen LogP contribution in [0.2, 0.25) is 0 Å². The van der Waals surface area contributed by atoms with Crippen molar-refractivity contribution < 1.29 is 9.26 Å². The monoisotopic (exact) mass is 247 g/mol. The molecule has 0 aliphatic carbocycles. The highest BCUT2D eigenvalue weighted by Crippen LogP contribution is 2.21. The van der Waals surface area contributed by atoms with Gasteiger partial charge in [0.2, 0.25) is 0 Å². The molecule has 7 nitrogen and oxygen atoms in total. The van der Waals surface area contributed by atoms with E-state index in [1.54, 1.807) is 18.5 Å². The van der Waals surface area contributed by atoms with Crippen LogP contribution in [0.5, 0.6) is 0 Å². The van der Waals surface area contributed by atoms with Gasteiger partial charge in [0.15, 0.2) is 0 Å². The Labute approximate surface area is 104 Å². The van der Waals surface area contributed by atoms with E-state index in [4.69, 9.17) is 15.0 Å². The minimum Gasteiger partial charge on any atom is -0.397 e. The molecule has 1 saturated heterocycles. The second-order valence-corrected chi connectivity index (χ2v) is 4.01. The molecule has 0 amide bonds. The van der Waals surface area contributed by atoms with E-state index >= 15 is 0 Å². The molecule has 3 heterocycles. The zero-order valence-corrected chi connectivity index (χ0v) is 9.74. The number of nitrogen functional groups attached to an aromatic ring is 1. The molecule has 0 atom stereocenters. The molecule has 0 unspecified atom stereocenters. The second-order valence-electron chi connectivity index (χ2n) is 4.01. The predicted molar refractivity (Wildman–Crippen MR) is 65.0 cm³/mol. The van der Waals surface area contributed by atoms with Gasteiger partial charge < -0.3 is 19.9 Å². The van der Waals surface area contributed by atoms with Gasteiger partial charge in [0.05, 0.1) is 24.5 Å². The summed E-state index contributed by atoms with van der Waals surface area (Å²) in [6.07, 6.45) is 3.22. The number of morpholine rings is 1. The van der Waals surface area contributed by atoms with Gasteiger partial charge in [-0.05, 0) is 11.2 Å². The molecule has 2 aromatic rings. The fourth-order valence-corrected chi connectivity index (χ4v) is 1.80. The maximum atomic E-state index is 5.67. The summed E-state index contributed by atoms with van der Waals surface area (Å²) in [5.74, 6) is 1.01. The largest absolute Gasteiger partial charge is 0.397 e. The summed E-state index contributed by atoms with van der Waals surface area (Å²) < 4.78 is 10.5.